The second-order valence-corrected chi connectivity index (χ2v) is 24.8. The van der Waals surface area contributed by atoms with Gasteiger partial charge in [0, 0.05) is 12.8 Å². The Kier molecular flexibility index (Phi) is 59.7. The third-order valence-corrected chi connectivity index (χ3v) is 15.3. The monoisotopic (exact) mass is 1160 g/mol. The lowest BCUT2D eigenvalue weighted by atomic mass is 10.0. The van der Waals surface area contributed by atoms with Gasteiger partial charge in [-0.3, -0.25) is 14.2 Å². The highest BCUT2D eigenvalue weighted by atomic mass is 31.2. The van der Waals surface area contributed by atoms with Gasteiger partial charge in [-0.25, -0.2) is 0 Å². The minimum atomic E-state index is -4.65. The van der Waals surface area contributed by atoms with Crippen LogP contribution in [0.15, 0.2) is 109 Å². The first-order chi connectivity index (χ1) is 40.0. The Morgan fingerprint density at radius 1 is 0.378 bits per heavy atom. The predicted molar refractivity (Wildman–Crippen MR) is 351 cm³/mol. The molecule has 0 aliphatic carbocycles. The first kappa shape index (κ1) is 78.7. The van der Waals surface area contributed by atoms with Gasteiger partial charge in [-0.2, -0.15) is 0 Å². The predicted octanol–water partition coefficient (Wildman–Crippen LogP) is 21.1. The number of carbonyl (C=O) groups excluding carboxylic acids is 2. The molecule has 472 valence electrons. The molecule has 0 spiro atoms. The number of allylic oxidation sites excluding steroid dienone is 18. The average molecular weight is 1160 g/mol. The van der Waals surface area contributed by atoms with E-state index in [4.69, 9.17) is 18.5 Å². The van der Waals surface area contributed by atoms with Crippen molar-refractivity contribution < 1.29 is 42.1 Å². The van der Waals surface area contributed by atoms with Crippen LogP contribution in [0.25, 0.3) is 0 Å². The Morgan fingerprint density at radius 3 is 0.976 bits per heavy atom. The van der Waals surface area contributed by atoms with Gasteiger partial charge in [0.2, 0.25) is 0 Å². The van der Waals surface area contributed by atoms with E-state index >= 15 is 0 Å². The number of carbonyl (C=O) groups is 2. The van der Waals surface area contributed by atoms with Crippen molar-refractivity contribution >= 4 is 19.8 Å². The molecule has 0 amide bonds. The van der Waals surface area contributed by atoms with E-state index in [-0.39, 0.29) is 32.0 Å². The van der Waals surface area contributed by atoms with Crippen molar-refractivity contribution in [2.45, 2.75) is 290 Å². The second kappa shape index (κ2) is 62.2. The molecule has 0 saturated heterocycles. The van der Waals surface area contributed by atoms with Crippen LogP contribution in [0.3, 0.4) is 0 Å². The molecule has 0 rings (SSSR count). The number of nitrogens with zero attached hydrogens (tertiary/aromatic N) is 1. The Hall–Kier alpha value is -3.33. The normalized spacial score (nSPS) is 13.9. The number of hydrogen-bond donors (Lipinski definition) is 0. The molecule has 82 heavy (non-hydrogen) atoms. The largest absolute Gasteiger partial charge is 0.756 e. The van der Waals surface area contributed by atoms with E-state index in [0.717, 1.165) is 96.3 Å². The van der Waals surface area contributed by atoms with Crippen LogP contribution in [-0.2, 0) is 32.7 Å². The Balaban J connectivity index is 4.07. The van der Waals surface area contributed by atoms with Crippen LogP contribution >= 0.6 is 7.82 Å². The molecule has 0 saturated carbocycles. The highest BCUT2D eigenvalue weighted by Gasteiger charge is 2.22. The molecule has 10 heteroatoms. The summed E-state index contributed by atoms with van der Waals surface area (Å²) in [5, 5.41) is 0. The molecule has 0 aliphatic rings. The van der Waals surface area contributed by atoms with Crippen LogP contribution in [0.4, 0.5) is 0 Å². The molecular weight excluding hydrogens is 1040 g/mol. The van der Waals surface area contributed by atoms with Crippen molar-refractivity contribution in [2.24, 2.45) is 0 Å². The summed E-state index contributed by atoms with van der Waals surface area (Å²) in [5.41, 5.74) is 0. The third kappa shape index (κ3) is 65.8. The van der Waals surface area contributed by atoms with Gasteiger partial charge in [0.05, 0.1) is 27.7 Å². The number of hydrogen-bond acceptors (Lipinski definition) is 8. The fourth-order valence-corrected chi connectivity index (χ4v) is 9.93. The zero-order valence-corrected chi connectivity index (χ0v) is 54.6. The summed E-state index contributed by atoms with van der Waals surface area (Å²) >= 11 is 0. The first-order valence-corrected chi connectivity index (χ1v) is 35.1. The summed E-state index contributed by atoms with van der Waals surface area (Å²) in [5.74, 6) is -0.830. The molecule has 0 heterocycles. The van der Waals surface area contributed by atoms with Crippen LogP contribution in [0.2, 0.25) is 0 Å². The van der Waals surface area contributed by atoms with Gasteiger partial charge in [-0.05, 0) is 96.3 Å². The van der Waals surface area contributed by atoms with Crippen molar-refractivity contribution in [1.29, 1.82) is 0 Å². The molecule has 0 N–H and O–H groups in total. The summed E-state index contributed by atoms with van der Waals surface area (Å²) in [7, 11) is 1.16. The maximum Gasteiger partial charge on any atom is 0.306 e. The van der Waals surface area contributed by atoms with Crippen molar-refractivity contribution in [2.75, 3.05) is 47.5 Å². The standard InChI is InChI=1S/C72H126NO8P/c1-6-8-10-12-14-16-18-20-22-24-26-28-30-32-34-36-38-40-42-44-46-48-50-52-54-56-58-60-62-64-71(74)78-68-70(69-80-82(76,77)79-67-66-73(3,4)5)81-72(75)65-63-61-59-57-55-53-51-49-47-45-43-41-39-37-35-33-31-29-27-25-23-21-19-17-15-13-11-9-7-2/h8-11,14-17,20-23,26-29,33,35,70H,6-7,12-13,18-19,24-25,30-32,34,36-69H2,1-5H3/b10-8-,11-9-,16-14-,17-15-,22-20-,23-21-,28-26-,29-27-,35-33-. The molecular formula is C72H126NO8P. The van der Waals surface area contributed by atoms with Crippen molar-refractivity contribution in [3.63, 3.8) is 0 Å². The number of phosphoric ester groups is 1. The fourth-order valence-electron chi connectivity index (χ4n) is 9.21. The van der Waals surface area contributed by atoms with Gasteiger partial charge in [0.15, 0.2) is 6.10 Å². The Bertz CT molecular complexity index is 1750. The van der Waals surface area contributed by atoms with E-state index in [9.17, 15) is 19.0 Å². The Morgan fingerprint density at radius 2 is 0.659 bits per heavy atom. The SMILES string of the molecule is CC/C=C\C/C=C\C/C=C\C/C=C\C/C=C\CCCCCCCCCCCCCCCC(=O)OC(COC(=O)CCCCCCCCCCCCCCCCCC/C=C\C/C=C\C/C=C\C/C=C\CC)COP(=O)([O-])OCC[N+](C)(C)C. The minimum Gasteiger partial charge on any atom is -0.756 e. The van der Waals surface area contributed by atoms with Gasteiger partial charge < -0.3 is 27.9 Å². The highest BCUT2D eigenvalue weighted by Crippen LogP contribution is 2.38. The lowest BCUT2D eigenvalue weighted by molar-refractivity contribution is -0.870. The first-order valence-electron chi connectivity index (χ1n) is 33.6. The van der Waals surface area contributed by atoms with Crippen molar-refractivity contribution in [3.8, 4) is 0 Å². The molecule has 0 aliphatic heterocycles. The molecule has 0 aromatic carbocycles. The number of unbranched alkanes of at least 4 members (excludes halogenated alkanes) is 29. The summed E-state index contributed by atoms with van der Waals surface area (Å²) in [4.78, 5) is 38.0. The summed E-state index contributed by atoms with van der Waals surface area (Å²) in [6, 6.07) is 0. The number of ether oxygens (including phenoxy) is 2. The maximum atomic E-state index is 12.9. The minimum absolute atomic E-state index is 0.0342. The molecule has 2 atom stereocenters. The number of likely N-dealkylation sites (N-methyl/N-ethyl adjacent to an activating group) is 1. The summed E-state index contributed by atoms with van der Waals surface area (Å²) in [6.07, 6.45) is 87.3. The van der Waals surface area contributed by atoms with E-state index in [1.807, 2.05) is 21.1 Å². The van der Waals surface area contributed by atoms with E-state index in [1.54, 1.807) is 0 Å². The van der Waals surface area contributed by atoms with Crippen LogP contribution < -0.4 is 4.89 Å². The average Bonchev–Trinajstić information content (AvgIpc) is 3.45. The molecule has 0 radical (unpaired) electrons. The van der Waals surface area contributed by atoms with Crippen LogP contribution in [0, 0.1) is 0 Å². The van der Waals surface area contributed by atoms with Gasteiger partial charge in [-0.15, -0.1) is 0 Å². The third-order valence-electron chi connectivity index (χ3n) is 14.3. The van der Waals surface area contributed by atoms with Gasteiger partial charge in [0.25, 0.3) is 7.82 Å². The highest BCUT2D eigenvalue weighted by molar-refractivity contribution is 7.45. The van der Waals surface area contributed by atoms with E-state index < -0.39 is 26.5 Å². The van der Waals surface area contributed by atoms with Crippen molar-refractivity contribution in [1.82, 2.24) is 0 Å². The summed E-state index contributed by atoms with van der Waals surface area (Å²) in [6.45, 7) is 4.04. The van der Waals surface area contributed by atoms with E-state index in [1.165, 1.54) is 154 Å². The summed E-state index contributed by atoms with van der Waals surface area (Å²) < 4.78 is 34.3. The zero-order valence-electron chi connectivity index (χ0n) is 53.7. The lowest BCUT2D eigenvalue weighted by Gasteiger charge is -2.28. The number of rotatable bonds is 61. The van der Waals surface area contributed by atoms with E-state index in [2.05, 4.69) is 123 Å². The number of phosphoric acid groups is 1. The second-order valence-electron chi connectivity index (χ2n) is 23.4. The van der Waals surface area contributed by atoms with Crippen LogP contribution in [0.5, 0.6) is 0 Å². The van der Waals surface area contributed by atoms with Crippen molar-refractivity contribution in [3.05, 3.63) is 109 Å². The molecule has 0 bridgehead atoms. The molecule has 2 unspecified atom stereocenters. The van der Waals surface area contributed by atoms with E-state index in [0.29, 0.717) is 17.4 Å². The number of esters is 2. The van der Waals surface area contributed by atoms with Gasteiger partial charge >= 0.3 is 11.9 Å². The molecule has 0 aromatic rings. The van der Waals surface area contributed by atoms with Crippen LogP contribution in [-0.4, -0.2) is 70.0 Å². The van der Waals surface area contributed by atoms with Gasteiger partial charge in [-0.1, -0.05) is 284 Å². The quantitative estimate of drug-likeness (QED) is 0.0195. The zero-order chi connectivity index (χ0) is 59.8. The van der Waals surface area contributed by atoms with Gasteiger partial charge in [0.1, 0.15) is 19.8 Å². The molecule has 9 nitrogen and oxygen atoms in total. The Labute approximate surface area is 506 Å². The maximum absolute atomic E-state index is 12.9. The number of quaternary nitrogens is 1. The fraction of sp³-hybridized carbons (Fsp3) is 0.722. The lowest BCUT2D eigenvalue weighted by Crippen LogP contribution is -2.37. The topological polar surface area (TPSA) is 111 Å². The van der Waals surface area contributed by atoms with Crippen LogP contribution in [0.1, 0.15) is 284 Å². The smallest absolute Gasteiger partial charge is 0.306 e. The molecule has 0 fully saturated rings. The molecule has 0 aromatic heterocycles.